The number of rotatable bonds is 4. The first-order chi connectivity index (χ1) is 7.97. The second-order valence-electron chi connectivity index (χ2n) is 3.40. The molecule has 0 saturated carbocycles. The lowest BCUT2D eigenvalue weighted by atomic mass is 10.1. The second kappa shape index (κ2) is 5.20. The standard InChI is InChI=1S/C11H14N2O4/c1-6(10(14)13-2)17-9-7(11(15)16)4-3-5-8(9)12/h3-6H,12H2,1-2H3,(H,13,14)(H,15,16). The summed E-state index contributed by atoms with van der Waals surface area (Å²) in [5.41, 5.74) is 5.74. The Morgan fingerprint density at radius 2 is 2.12 bits per heavy atom. The lowest BCUT2D eigenvalue weighted by Crippen LogP contribution is -2.34. The maximum atomic E-state index is 11.3. The van der Waals surface area contributed by atoms with E-state index in [0.29, 0.717) is 0 Å². The number of ether oxygens (including phenoxy) is 1. The lowest BCUT2D eigenvalue weighted by Gasteiger charge is -2.16. The number of benzene rings is 1. The van der Waals surface area contributed by atoms with Gasteiger partial charge < -0.3 is 20.9 Å². The number of aromatic carboxylic acids is 1. The first-order valence-corrected chi connectivity index (χ1v) is 4.97. The smallest absolute Gasteiger partial charge is 0.339 e. The van der Waals surface area contributed by atoms with E-state index in [2.05, 4.69) is 5.32 Å². The third-order valence-electron chi connectivity index (χ3n) is 2.19. The van der Waals surface area contributed by atoms with E-state index in [1.165, 1.54) is 32.2 Å². The Bertz CT molecular complexity index is 445. The summed E-state index contributed by atoms with van der Waals surface area (Å²) < 4.78 is 5.27. The summed E-state index contributed by atoms with van der Waals surface area (Å²) in [6, 6.07) is 4.39. The van der Waals surface area contributed by atoms with E-state index >= 15 is 0 Å². The van der Waals surface area contributed by atoms with Gasteiger partial charge in [-0.15, -0.1) is 0 Å². The minimum atomic E-state index is -1.16. The molecule has 1 aromatic rings. The molecule has 1 unspecified atom stereocenters. The molecule has 1 amide bonds. The van der Waals surface area contributed by atoms with E-state index in [1.807, 2.05) is 0 Å². The number of anilines is 1. The number of carbonyl (C=O) groups excluding carboxylic acids is 1. The molecular weight excluding hydrogens is 224 g/mol. The van der Waals surface area contributed by atoms with E-state index in [1.54, 1.807) is 0 Å². The van der Waals surface area contributed by atoms with E-state index < -0.39 is 12.1 Å². The quantitative estimate of drug-likeness (QED) is 0.662. The van der Waals surface area contributed by atoms with Crippen molar-refractivity contribution in [2.45, 2.75) is 13.0 Å². The maximum Gasteiger partial charge on any atom is 0.339 e. The molecular formula is C11H14N2O4. The summed E-state index contributed by atoms with van der Waals surface area (Å²) in [5.74, 6) is -1.50. The highest BCUT2D eigenvalue weighted by molar-refractivity contribution is 5.93. The van der Waals surface area contributed by atoms with Crippen LogP contribution < -0.4 is 15.8 Å². The van der Waals surface area contributed by atoms with Crippen LogP contribution >= 0.6 is 0 Å². The summed E-state index contributed by atoms with van der Waals surface area (Å²) >= 11 is 0. The highest BCUT2D eigenvalue weighted by Crippen LogP contribution is 2.27. The number of carbonyl (C=O) groups is 2. The van der Waals surface area contributed by atoms with Crippen LogP contribution in [0.2, 0.25) is 0 Å². The van der Waals surface area contributed by atoms with Crippen LogP contribution in [0, 0.1) is 0 Å². The molecule has 92 valence electrons. The van der Waals surface area contributed by atoms with Gasteiger partial charge in [-0.2, -0.15) is 0 Å². The lowest BCUT2D eigenvalue weighted by molar-refractivity contribution is -0.126. The molecule has 0 spiro atoms. The van der Waals surface area contributed by atoms with Gasteiger partial charge in [0, 0.05) is 7.05 Å². The topological polar surface area (TPSA) is 102 Å². The molecule has 1 rings (SSSR count). The number of hydrogen-bond donors (Lipinski definition) is 3. The van der Waals surface area contributed by atoms with E-state index in [4.69, 9.17) is 15.6 Å². The number of amides is 1. The molecule has 1 aromatic carbocycles. The van der Waals surface area contributed by atoms with Crippen molar-refractivity contribution in [2.75, 3.05) is 12.8 Å². The molecule has 0 heterocycles. The van der Waals surface area contributed by atoms with E-state index in [9.17, 15) is 9.59 Å². The van der Waals surface area contributed by atoms with Crippen LogP contribution in [-0.4, -0.2) is 30.1 Å². The van der Waals surface area contributed by atoms with Crippen LogP contribution in [0.4, 0.5) is 5.69 Å². The van der Waals surface area contributed by atoms with Crippen molar-refractivity contribution < 1.29 is 19.4 Å². The van der Waals surface area contributed by atoms with Crippen molar-refractivity contribution in [3.63, 3.8) is 0 Å². The normalized spacial score (nSPS) is 11.6. The number of nitrogen functional groups attached to an aromatic ring is 1. The SMILES string of the molecule is CNC(=O)C(C)Oc1c(N)cccc1C(=O)O. The average molecular weight is 238 g/mol. The minimum absolute atomic E-state index is 0.0103. The molecule has 0 fully saturated rings. The Morgan fingerprint density at radius 1 is 1.47 bits per heavy atom. The Kier molecular flexibility index (Phi) is 3.92. The van der Waals surface area contributed by atoms with E-state index in [-0.39, 0.29) is 22.9 Å². The Balaban J connectivity index is 3.05. The van der Waals surface area contributed by atoms with Gasteiger partial charge in [0.05, 0.1) is 5.69 Å². The molecule has 6 nitrogen and oxygen atoms in total. The molecule has 1 atom stereocenters. The first kappa shape index (κ1) is 12.8. The number of hydrogen-bond acceptors (Lipinski definition) is 4. The fourth-order valence-corrected chi connectivity index (χ4v) is 1.29. The molecule has 0 aliphatic heterocycles. The van der Waals surface area contributed by atoms with Crippen LogP contribution in [0.25, 0.3) is 0 Å². The number of nitrogens with one attached hydrogen (secondary N) is 1. The van der Waals surface area contributed by atoms with Crippen LogP contribution in [0.15, 0.2) is 18.2 Å². The highest BCUT2D eigenvalue weighted by Gasteiger charge is 2.19. The summed E-state index contributed by atoms with van der Waals surface area (Å²) in [6.07, 6.45) is -0.817. The Hall–Kier alpha value is -2.24. The zero-order valence-corrected chi connectivity index (χ0v) is 9.56. The number of carboxylic acids is 1. The molecule has 0 bridgehead atoms. The molecule has 0 aromatic heterocycles. The van der Waals surface area contributed by atoms with Gasteiger partial charge in [0.2, 0.25) is 0 Å². The van der Waals surface area contributed by atoms with Crippen molar-refractivity contribution in [3.8, 4) is 5.75 Å². The summed E-state index contributed by atoms with van der Waals surface area (Å²) in [7, 11) is 1.47. The van der Waals surface area contributed by atoms with Crippen LogP contribution in [-0.2, 0) is 4.79 Å². The molecule has 0 aliphatic carbocycles. The van der Waals surface area contributed by atoms with Gasteiger partial charge in [-0.25, -0.2) is 4.79 Å². The number of nitrogens with two attached hydrogens (primary N) is 1. The summed E-state index contributed by atoms with van der Waals surface area (Å²) in [6.45, 7) is 1.51. The van der Waals surface area contributed by atoms with Crippen molar-refractivity contribution in [1.82, 2.24) is 5.32 Å². The van der Waals surface area contributed by atoms with Crippen LogP contribution in [0.5, 0.6) is 5.75 Å². The van der Waals surface area contributed by atoms with E-state index in [0.717, 1.165) is 0 Å². The summed E-state index contributed by atoms with van der Waals surface area (Å²) in [5, 5.41) is 11.4. The zero-order valence-electron chi connectivity index (χ0n) is 9.56. The number of likely N-dealkylation sites (N-methyl/N-ethyl adjacent to an activating group) is 1. The Morgan fingerprint density at radius 3 is 2.65 bits per heavy atom. The molecule has 6 heteroatoms. The van der Waals surface area contributed by atoms with Gasteiger partial charge in [-0.05, 0) is 19.1 Å². The predicted octanol–water partition coefficient (Wildman–Crippen LogP) is 0.480. The molecule has 0 saturated heterocycles. The first-order valence-electron chi connectivity index (χ1n) is 4.97. The van der Waals surface area contributed by atoms with Gasteiger partial charge in [0.15, 0.2) is 11.9 Å². The van der Waals surface area contributed by atoms with Crippen LogP contribution in [0.3, 0.4) is 0 Å². The Labute approximate surface area is 98.4 Å². The van der Waals surface area contributed by atoms with Crippen LogP contribution in [0.1, 0.15) is 17.3 Å². The third kappa shape index (κ3) is 2.87. The average Bonchev–Trinajstić information content (AvgIpc) is 2.30. The van der Waals surface area contributed by atoms with Crippen molar-refractivity contribution in [3.05, 3.63) is 23.8 Å². The van der Waals surface area contributed by atoms with Crippen molar-refractivity contribution in [1.29, 1.82) is 0 Å². The maximum absolute atomic E-state index is 11.3. The monoisotopic (exact) mass is 238 g/mol. The molecule has 0 aliphatic rings. The molecule has 4 N–H and O–H groups in total. The third-order valence-corrected chi connectivity index (χ3v) is 2.19. The van der Waals surface area contributed by atoms with Gasteiger partial charge in [0.25, 0.3) is 5.91 Å². The number of para-hydroxylation sites is 1. The highest BCUT2D eigenvalue weighted by atomic mass is 16.5. The second-order valence-corrected chi connectivity index (χ2v) is 3.40. The largest absolute Gasteiger partial charge is 0.478 e. The van der Waals surface area contributed by atoms with Crippen molar-refractivity contribution in [2.24, 2.45) is 0 Å². The van der Waals surface area contributed by atoms with Gasteiger partial charge >= 0.3 is 5.97 Å². The zero-order chi connectivity index (χ0) is 13.0. The summed E-state index contributed by atoms with van der Waals surface area (Å²) in [4.78, 5) is 22.2. The van der Waals surface area contributed by atoms with Crippen molar-refractivity contribution >= 4 is 17.6 Å². The molecule has 17 heavy (non-hydrogen) atoms. The fraction of sp³-hybridized carbons (Fsp3) is 0.273. The van der Waals surface area contributed by atoms with Gasteiger partial charge in [-0.3, -0.25) is 4.79 Å². The van der Waals surface area contributed by atoms with Gasteiger partial charge in [0.1, 0.15) is 5.56 Å². The van der Waals surface area contributed by atoms with Gasteiger partial charge in [-0.1, -0.05) is 6.07 Å². The predicted molar refractivity (Wildman–Crippen MR) is 62.0 cm³/mol. The fourth-order valence-electron chi connectivity index (χ4n) is 1.29. The number of carboxylic acid groups (broad SMARTS) is 1. The molecule has 0 radical (unpaired) electrons. The minimum Gasteiger partial charge on any atom is -0.478 e.